The van der Waals surface area contributed by atoms with Crippen molar-refractivity contribution in [2.45, 2.75) is 64.3 Å². The van der Waals surface area contributed by atoms with Gasteiger partial charge in [0.1, 0.15) is 11.3 Å². The van der Waals surface area contributed by atoms with Crippen molar-refractivity contribution in [2.24, 2.45) is 5.92 Å². The second kappa shape index (κ2) is 7.47. The summed E-state index contributed by atoms with van der Waals surface area (Å²) in [7, 11) is 0. The number of hydrogen-bond donors (Lipinski definition) is 1. The first-order valence-electron chi connectivity index (χ1n) is 9.28. The van der Waals surface area contributed by atoms with Crippen molar-refractivity contribution in [2.75, 3.05) is 0 Å². The van der Waals surface area contributed by atoms with Crippen LogP contribution in [0.4, 0.5) is 13.2 Å². The Morgan fingerprint density at radius 2 is 1.81 bits per heavy atom. The molecule has 1 fully saturated rings. The monoisotopic (exact) mass is 366 g/mol. The molecule has 0 radical (unpaired) electrons. The summed E-state index contributed by atoms with van der Waals surface area (Å²) in [4.78, 5) is 0. The molecule has 0 amide bonds. The SMILES string of the molecule is CC[C@H]1CC[C@@H](Oc2ccc3cc(C(C)O)ccc3c2C(F)(F)F)CC1. The van der Waals surface area contributed by atoms with Crippen LogP contribution in [0.1, 0.15) is 63.2 Å². The maximum Gasteiger partial charge on any atom is 0.420 e. The van der Waals surface area contributed by atoms with Crippen molar-refractivity contribution in [3.05, 3.63) is 41.5 Å². The molecule has 0 heterocycles. The molecule has 0 bridgehead atoms. The van der Waals surface area contributed by atoms with Crippen molar-refractivity contribution in [1.82, 2.24) is 0 Å². The molecule has 0 spiro atoms. The molecule has 2 aromatic rings. The van der Waals surface area contributed by atoms with Crippen LogP contribution in [0.25, 0.3) is 10.8 Å². The molecule has 0 saturated heterocycles. The van der Waals surface area contributed by atoms with Crippen molar-refractivity contribution in [3.8, 4) is 5.75 Å². The molecule has 1 atom stereocenters. The van der Waals surface area contributed by atoms with E-state index in [1.807, 2.05) is 0 Å². The van der Waals surface area contributed by atoms with Crippen LogP contribution in [0.3, 0.4) is 0 Å². The van der Waals surface area contributed by atoms with Crippen LogP contribution < -0.4 is 4.74 Å². The Morgan fingerprint density at radius 1 is 1.12 bits per heavy atom. The lowest BCUT2D eigenvalue weighted by atomic mass is 9.86. The first kappa shape index (κ1) is 19.0. The molecule has 1 saturated carbocycles. The minimum atomic E-state index is -4.50. The first-order valence-corrected chi connectivity index (χ1v) is 9.28. The van der Waals surface area contributed by atoms with Crippen molar-refractivity contribution in [1.29, 1.82) is 0 Å². The summed E-state index contributed by atoms with van der Waals surface area (Å²) in [5.74, 6) is 0.571. The largest absolute Gasteiger partial charge is 0.490 e. The average molecular weight is 366 g/mol. The molecule has 2 nitrogen and oxygen atoms in total. The van der Waals surface area contributed by atoms with Crippen molar-refractivity contribution < 1.29 is 23.0 Å². The summed E-state index contributed by atoms with van der Waals surface area (Å²) < 4.78 is 47.2. The molecule has 1 N–H and O–H groups in total. The van der Waals surface area contributed by atoms with Gasteiger partial charge in [-0.05, 0) is 67.0 Å². The van der Waals surface area contributed by atoms with Crippen molar-refractivity contribution >= 4 is 10.8 Å². The number of alkyl halides is 3. The second-order valence-electron chi connectivity index (χ2n) is 7.26. The van der Waals surface area contributed by atoms with E-state index in [1.54, 1.807) is 25.1 Å². The third-order valence-electron chi connectivity index (χ3n) is 5.44. The molecule has 0 aliphatic heterocycles. The summed E-state index contributed by atoms with van der Waals surface area (Å²) in [5.41, 5.74) is -0.123. The summed E-state index contributed by atoms with van der Waals surface area (Å²) in [5, 5.41) is 10.2. The molecule has 1 unspecified atom stereocenters. The standard InChI is InChI=1S/C21H25F3O2/c1-3-14-4-8-17(9-5-14)26-19-11-7-16-12-15(13(2)25)6-10-18(16)20(19)21(22,23)24/h6-7,10-14,17,25H,3-5,8-9H2,1-2H3/t13?,14-,17+. The molecule has 1 aliphatic rings. The van der Waals surface area contributed by atoms with Gasteiger partial charge in [0.2, 0.25) is 0 Å². The molecule has 5 heteroatoms. The van der Waals surface area contributed by atoms with Gasteiger partial charge in [-0.2, -0.15) is 13.2 Å². The molecular weight excluding hydrogens is 341 g/mol. The summed E-state index contributed by atoms with van der Waals surface area (Å²) in [6.45, 7) is 3.74. The Bertz CT molecular complexity index is 760. The lowest BCUT2D eigenvalue weighted by Gasteiger charge is -2.29. The fourth-order valence-electron chi connectivity index (χ4n) is 3.82. The maximum atomic E-state index is 13.8. The predicted molar refractivity (Wildman–Crippen MR) is 96.2 cm³/mol. The quantitative estimate of drug-likeness (QED) is 0.692. The highest BCUT2D eigenvalue weighted by Crippen LogP contribution is 2.43. The third kappa shape index (κ3) is 3.98. The third-order valence-corrected chi connectivity index (χ3v) is 5.44. The highest BCUT2D eigenvalue weighted by atomic mass is 19.4. The van der Waals surface area contributed by atoms with E-state index in [0.29, 0.717) is 16.9 Å². The van der Waals surface area contributed by atoms with E-state index in [2.05, 4.69) is 6.92 Å². The minimum absolute atomic E-state index is 0.0882. The molecule has 26 heavy (non-hydrogen) atoms. The number of ether oxygens (including phenoxy) is 1. The lowest BCUT2D eigenvalue weighted by molar-refractivity contribution is -0.138. The lowest BCUT2D eigenvalue weighted by Crippen LogP contribution is -2.25. The van der Waals surface area contributed by atoms with E-state index in [9.17, 15) is 18.3 Å². The Kier molecular flexibility index (Phi) is 5.47. The van der Waals surface area contributed by atoms with E-state index in [0.717, 1.165) is 32.1 Å². The summed E-state index contributed by atoms with van der Waals surface area (Å²) >= 11 is 0. The van der Waals surface area contributed by atoms with Gasteiger partial charge in [0.15, 0.2) is 0 Å². The number of halogens is 3. The topological polar surface area (TPSA) is 29.5 Å². The zero-order valence-electron chi connectivity index (χ0n) is 15.1. The fraction of sp³-hybridized carbons (Fsp3) is 0.524. The van der Waals surface area contributed by atoms with E-state index < -0.39 is 17.8 Å². The van der Waals surface area contributed by atoms with Gasteiger partial charge in [-0.3, -0.25) is 0 Å². The van der Waals surface area contributed by atoms with Crippen LogP contribution in [0.5, 0.6) is 5.75 Å². The summed E-state index contributed by atoms with van der Waals surface area (Å²) in [6.07, 6.45) is -0.651. The predicted octanol–water partition coefficient (Wildman–Crippen LogP) is 6.26. The zero-order chi connectivity index (χ0) is 18.9. The number of hydrogen-bond acceptors (Lipinski definition) is 2. The van der Waals surface area contributed by atoms with Crippen LogP contribution in [-0.2, 0) is 6.18 Å². The van der Waals surface area contributed by atoms with Crippen molar-refractivity contribution in [3.63, 3.8) is 0 Å². The van der Waals surface area contributed by atoms with Gasteiger partial charge in [0.25, 0.3) is 0 Å². The minimum Gasteiger partial charge on any atom is -0.490 e. The number of rotatable bonds is 4. The number of aliphatic hydroxyl groups is 1. The van der Waals surface area contributed by atoms with Crippen LogP contribution in [0, 0.1) is 5.92 Å². The smallest absolute Gasteiger partial charge is 0.420 e. The van der Waals surface area contributed by atoms with E-state index in [-0.39, 0.29) is 17.2 Å². The Labute approximate surface area is 152 Å². The first-order chi connectivity index (χ1) is 12.3. The zero-order valence-corrected chi connectivity index (χ0v) is 15.1. The van der Waals surface area contributed by atoms with Gasteiger partial charge in [-0.1, -0.05) is 31.5 Å². The van der Waals surface area contributed by atoms with Gasteiger partial charge in [-0.25, -0.2) is 0 Å². The Hall–Kier alpha value is -1.75. The fourth-order valence-corrected chi connectivity index (χ4v) is 3.82. The highest BCUT2D eigenvalue weighted by Gasteiger charge is 2.37. The number of fused-ring (bicyclic) bond motifs is 1. The van der Waals surface area contributed by atoms with Crippen LogP contribution in [-0.4, -0.2) is 11.2 Å². The van der Waals surface area contributed by atoms with Crippen LogP contribution in [0.2, 0.25) is 0 Å². The van der Waals surface area contributed by atoms with Gasteiger partial charge in [0.05, 0.1) is 12.2 Å². The van der Waals surface area contributed by atoms with Gasteiger partial charge in [0, 0.05) is 0 Å². The van der Waals surface area contributed by atoms with Crippen LogP contribution >= 0.6 is 0 Å². The second-order valence-corrected chi connectivity index (χ2v) is 7.26. The molecular formula is C21H25F3O2. The Balaban J connectivity index is 1.96. The molecule has 142 valence electrons. The molecule has 1 aliphatic carbocycles. The van der Waals surface area contributed by atoms with Crippen LogP contribution in [0.15, 0.2) is 30.3 Å². The Morgan fingerprint density at radius 3 is 2.38 bits per heavy atom. The summed E-state index contributed by atoms with van der Waals surface area (Å²) in [6, 6.07) is 7.64. The maximum absolute atomic E-state index is 13.8. The van der Waals surface area contributed by atoms with E-state index in [1.165, 1.54) is 12.1 Å². The molecule has 2 aromatic carbocycles. The number of aliphatic hydroxyl groups excluding tert-OH is 1. The number of benzene rings is 2. The van der Waals surface area contributed by atoms with Gasteiger partial charge >= 0.3 is 6.18 Å². The highest BCUT2D eigenvalue weighted by molar-refractivity contribution is 5.89. The average Bonchev–Trinajstić information content (AvgIpc) is 2.60. The van der Waals surface area contributed by atoms with Gasteiger partial charge in [-0.15, -0.1) is 0 Å². The van der Waals surface area contributed by atoms with E-state index in [4.69, 9.17) is 4.74 Å². The molecule has 3 rings (SSSR count). The normalized spacial score (nSPS) is 22.4. The van der Waals surface area contributed by atoms with E-state index >= 15 is 0 Å². The van der Waals surface area contributed by atoms with Gasteiger partial charge < -0.3 is 9.84 Å². The molecule has 0 aromatic heterocycles.